The first kappa shape index (κ1) is 18.2. The minimum Gasteiger partial charge on any atom is -0.493 e. The van der Waals surface area contributed by atoms with Crippen LogP contribution in [-0.2, 0) is 6.54 Å². The summed E-state index contributed by atoms with van der Waals surface area (Å²) in [6, 6.07) is 7.16. The van der Waals surface area contributed by atoms with Crippen molar-refractivity contribution in [3.05, 3.63) is 66.5 Å². The summed E-state index contributed by atoms with van der Waals surface area (Å²) in [5.74, 6) is 0.609. The zero-order valence-corrected chi connectivity index (χ0v) is 14.0. The molecule has 1 aromatic heterocycles. The minimum absolute atomic E-state index is 0.0353. The Bertz CT molecular complexity index is 911. The molecule has 0 unspecified atom stereocenters. The number of nitrogens with one attached hydrogen (secondary N) is 1. The Hall–Kier alpha value is -3.16. The Kier molecular flexibility index (Phi) is 5.89. The summed E-state index contributed by atoms with van der Waals surface area (Å²) in [6.07, 6.45) is 3.58. The number of benzene rings is 1. The summed E-state index contributed by atoms with van der Waals surface area (Å²) in [7, 11) is 0. The topological polar surface area (TPSA) is 107 Å². The van der Waals surface area contributed by atoms with Crippen molar-refractivity contribution < 1.29 is 9.66 Å². The molecule has 2 aromatic rings. The smallest absolute Gasteiger partial charge is 0.357 e. The van der Waals surface area contributed by atoms with Crippen molar-refractivity contribution in [2.75, 3.05) is 6.61 Å². The lowest BCUT2D eigenvalue weighted by molar-refractivity contribution is -0.387. The van der Waals surface area contributed by atoms with Crippen LogP contribution in [0.15, 0.2) is 33.9 Å². The number of aromatic nitrogens is 2. The van der Waals surface area contributed by atoms with E-state index in [1.807, 2.05) is 24.9 Å². The summed E-state index contributed by atoms with van der Waals surface area (Å²) in [4.78, 5) is 36.4. The van der Waals surface area contributed by atoms with Crippen LogP contribution in [-0.4, -0.2) is 21.1 Å². The van der Waals surface area contributed by atoms with Crippen molar-refractivity contribution in [3.63, 3.8) is 0 Å². The Balaban J connectivity index is 2.64. The van der Waals surface area contributed by atoms with E-state index in [0.717, 1.165) is 0 Å². The summed E-state index contributed by atoms with van der Waals surface area (Å²) in [5, 5.41) is 11.3. The van der Waals surface area contributed by atoms with E-state index >= 15 is 0 Å². The van der Waals surface area contributed by atoms with E-state index in [0.29, 0.717) is 24.3 Å². The normalized spacial score (nSPS) is 11.0. The fraction of sp³-hybridized carbons (Fsp3) is 0.294. The quantitative estimate of drug-likeness (QED) is 0.612. The van der Waals surface area contributed by atoms with Crippen molar-refractivity contribution in [2.45, 2.75) is 26.8 Å². The highest BCUT2D eigenvalue weighted by Crippen LogP contribution is 2.22. The van der Waals surface area contributed by atoms with Crippen molar-refractivity contribution in [2.24, 2.45) is 0 Å². The molecule has 0 radical (unpaired) electrons. The second-order valence-corrected chi connectivity index (χ2v) is 5.21. The predicted molar refractivity (Wildman–Crippen MR) is 94.8 cm³/mol. The highest BCUT2D eigenvalue weighted by atomic mass is 16.6. The Morgan fingerprint density at radius 1 is 1.24 bits per heavy atom. The highest BCUT2D eigenvalue weighted by molar-refractivity contribution is 5.74. The molecular weight excluding hydrogens is 326 g/mol. The predicted octanol–water partition coefficient (Wildman–Crippen LogP) is 2.42. The van der Waals surface area contributed by atoms with E-state index in [1.54, 1.807) is 24.3 Å². The maximum absolute atomic E-state index is 12.0. The van der Waals surface area contributed by atoms with Crippen LogP contribution in [0.25, 0.3) is 12.2 Å². The summed E-state index contributed by atoms with van der Waals surface area (Å²) in [6.45, 7) is 4.40. The fourth-order valence-electron chi connectivity index (χ4n) is 2.44. The maximum atomic E-state index is 12.0. The third-order valence-corrected chi connectivity index (χ3v) is 3.48. The first-order valence-corrected chi connectivity index (χ1v) is 7.91. The Morgan fingerprint density at radius 3 is 2.60 bits per heavy atom. The van der Waals surface area contributed by atoms with Crippen LogP contribution >= 0.6 is 0 Å². The van der Waals surface area contributed by atoms with Gasteiger partial charge in [0.2, 0.25) is 0 Å². The molecule has 0 saturated carbocycles. The molecule has 0 bridgehead atoms. The number of nitro groups is 1. The maximum Gasteiger partial charge on any atom is 0.357 e. The largest absolute Gasteiger partial charge is 0.493 e. The first-order valence-electron chi connectivity index (χ1n) is 7.91. The van der Waals surface area contributed by atoms with Crippen LogP contribution in [0.2, 0.25) is 0 Å². The molecule has 132 valence electrons. The third kappa shape index (κ3) is 4.03. The molecule has 0 atom stereocenters. The Morgan fingerprint density at radius 2 is 1.96 bits per heavy atom. The van der Waals surface area contributed by atoms with Crippen LogP contribution in [0.4, 0.5) is 5.69 Å². The number of aromatic amines is 1. The monoisotopic (exact) mass is 345 g/mol. The molecule has 8 heteroatoms. The lowest BCUT2D eigenvalue weighted by Gasteiger charge is -2.09. The van der Waals surface area contributed by atoms with E-state index in [2.05, 4.69) is 0 Å². The second kappa shape index (κ2) is 8.09. The molecule has 0 aliphatic rings. The van der Waals surface area contributed by atoms with Crippen LogP contribution in [0.3, 0.4) is 0 Å². The zero-order chi connectivity index (χ0) is 18.4. The van der Waals surface area contributed by atoms with Crippen LogP contribution in [0.5, 0.6) is 5.75 Å². The minimum atomic E-state index is -1.01. The van der Waals surface area contributed by atoms with E-state index in [1.165, 1.54) is 10.6 Å². The number of rotatable bonds is 7. The van der Waals surface area contributed by atoms with Gasteiger partial charge in [0.25, 0.3) is 0 Å². The first-order chi connectivity index (χ1) is 12.0. The summed E-state index contributed by atoms with van der Waals surface area (Å²) < 4.78 is 6.70. The number of hydrogen-bond donors (Lipinski definition) is 1. The molecule has 0 saturated heterocycles. The molecule has 1 aromatic carbocycles. The number of nitrogens with zero attached hydrogens (tertiary/aromatic N) is 2. The van der Waals surface area contributed by atoms with Gasteiger partial charge < -0.3 is 4.74 Å². The molecule has 1 heterocycles. The molecule has 2 rings (SSSR count). The Labute approximate surface area is 143 Å². The fourth-order valence-corrected chi connectivity index (χ4v) is 2.44. The van der Waals surface area contributed by atoms with Crippen LogP contribution < -0.4 is 16.0 Å². The van der Waals surface area contributed by atoms with Gasteiger partial charge in [-0.1, -0.05) is 25.1 Å². The van der Waals surface area contributed by atoms with Gasteiger partial charge in [-0.3, -0.25) is 24.5 Å². The van der Waals surface area contributed by atoms with E-state index in [-0.39, 0.29) is 12.2 Å². The lowest BCUT2D eigenvalue weighted by Crippen LogP contribution is -2.33. The molecule has 8 nitrogen and oxygen atoms in total. The lowest BCUT2D eigenvalue weighted by atomic mass is 10.1. The molecule has 25 heavy (non-hydrogen) atoms. The van der Waals surface area contributed by atoms with Gasteiger partial charge in [-0.05, 0) is 31.6 Å². The van der Waals surface area contributed by atoms with E-state index in [4.69, 9.17) is 4.74 Å². The van der Waals surface area contributed by atoms with Gasteiger partial charge in [-0.25, -0.2) is 4.79 Å². The molecule has 0 spiro atoms. The molecule has 0 fully saturated rings. The summed E-state index contributed by atoms with van der Waals surface area (Å²) >= 11 is 0. The van der Waals surface area contributed by atoms with Crippen LogP contribution in [0.1, 0.15) is 31.5 Å². The molecule has 0 aliphatic carbocycles. The molecule has 0 aliphatic heterocycles. The number of para-hydroxylation sites is 1. The summed E-state index contributed by atoms with van der Waals surface area (Å²) in [5.41, 5.74) is -1.69. The molecule has 1 N–H and O–H groups in total. The van der Waals surface area contributed by atoms with Gasteiger partial charge in [0.1, 0.15) is 11.4 Å². The van der Waals surface area contributed by atoms with Gasteiger partial charge in [-0.2, -0.15) is 0 Å². The van der Waals surface area contributed by atoms with Crippen molar-refractivity contribution in [3.8, 4) is 5.75 Å². The third-order valence-electron chi connectivity index (χ3n) is 3.48. The highest BCUT2D eigenvalue weighted by Gasteiger charge is 2.22. The van der Waals surface area contributed by atoms with Crippen molar-refractivity contribution in [1.82, 2.24) is 9.55 Å². The van der Waals surface area contributed by atoms with Gasteiger partial charge in [-0.15, -0.1) is 0 Å². The molecular formula is C17H19N3O5. The van der Waals surface area contributed by atoms with Crippen molar-refractivity contribution in [1.29, 1.82) is 0 Å². The average molecular weight is 345 g/mol. The van der Waals surface area contributed by atoms with Gasteiger partial charge in [0.05, 0.1) is 11.5 Å². The van der Waals surface area contributed by atoms with Gasteiger partial charge in [0, 0.05) is 12.1 Å². The average Bonchev–Trinajstić information content (AvgIpc) is 2.56. The standard InChI is InChI=1S/C17H19N3O5/c1-3-11-19-13(15(20(23)24)16(21)18-17(19)22)10-9-12-7-5-6-8-14(12)25-4-2/h5-10H,3-4,11H2,1-2H3,(H,18,21,22). The second-order valence-electron chi connectivity index (χ2n) is 5.21. The van der Waals surface area contributed by atoms with Gasteiger partial charge in [0.15, 0.2) is 0 Å². The zero-order valence-electron chi connectivity index (χ0n) is 14.0. The SMILES string of the molecule is CCCn1c(C=Cc2ccccc2OCC)c([N+](=O)[O-])c(=O)[nH]c1=O. The van der Waals surface area contributed by atoms with Gasteiger partial charge >= 0.3 is 16.9 Å². The number of ether oxygens (including phenoxy) is 1. The number of hydrogen-bond acceptors (Lipinski definition) is 5. The number of H-pyrrole nitrogens is 1. The van der Waals surface area contributed by atoms with E-state index < -0.39 is 21.9 Å². The van der Waals surface area contributed by atoms with E-state index in [9.17, 15) is 19.7 Å². The van der Waals surface area contributed by atoms with Crippen LogP contribution in [0, 0.1) is 10.1 Å². The molecule has 0 amide bonds. The van der Waals surface area contributed by atoms with Crippen molar-refractivity contribution >= 4 is 17.8 Å².